The van der Waals surface area contributed by atoms with Crippen LogP contribution in [0.3, 0.4) is 0 Å². The summed E-state index contributed by atoms with van der Waals surface area (Å²) in [5.74, 6) is 0.608. The predicted molar refractivity (Wildman–Crippen MR) is 105 cm³/mol. The van der Waals surface area contributed by atoms with Crippen LogP contribution in [0.25, 0.3) is 0 Å². The molecule has 1 atom stereocenters. The number of piperidine rings is 1. The topological polar surface area (TPSA) is 69.6 Å². The molecule has 2 aliphatic heterocycles. The van der Waals surface area contributed by atoms with E-state index in [1.54, 1.807) is 0 Å². The number of nitrogens with zero attached hydrogens (tertiary/aromatic N) is 4. The van der Waals surface area contributed by atoms with Gasteiger partial charge < -0.3 is 14.9 Å². The summed E-state index contributed by atoms with van der Waals surface area (Å²) in [6, 6.07) is 8.54. The maximum atomic E-state index is 11.4. The maximum Gasteiger partial charge on any atom is 0.308 e. The van der Waals surface area contributed by atoms with Crippen molar-refractivity contribution < 1.29 is 9.90 Å². The molecule has 27 heavy (non-hydrogen) atoms. The second-order valence-corrected chi connectivity index (χ2v) is 7.62. The molecule has 0 spiro atoms. The van der Waals surface area contributed by atoms with Gasteiger partial charge in [-0.1, -0.05) is 24.3 Å². The fraction of sp³-hybridized carbons (Fsp3) is 0.476. The number of carbonyl (C=O) groups is 1. The number of carboxylic acids is 1. The average Bonchev–Trinajstić information content (AvgIpc) is 2.69. The molecule has 0 saturated carbocycles. The summed E-state index contributed by atoms with van der Waals surface area (Å²) in [7, 11) is 0. The Bertz CT molecular complexity index is 867. The third kappa shape index (κ3) is 3.48. The summed E-state index contributed by atoms with van der Waals surface area (Å²) in [5, 5.41) is 9.41. The lowest BCUT2D eigenvalue weighted by molar-refractivity contribution is -0.141. The van der Waals surface area contributed by atoms with Crippen molar-refractivity contribution in [3.63, 3.8) is 0 Å². The molecule has 4 rings (SSSR count). The molecule has 6 nitrogen and oxygen atoms in total. The van der Waals surface area contributed by atoms with E-state index in [0.717, 1.165) is 61.9 Å². The van der Waals surface area contributed by atoms with E-state index in [2.05, 4.69) is 34.1 Å². The van der Waals surface area contributed by atoms with Crippen LogP contribution in [0.5, 0.6) is 0 Å². The zero-order valence-corrected chi connectivity index (χ0v) is 16.0. The molecule has 1 aromatic carbocycles. The van der Waals surface area contributed by atoms with Gasteiger partial charge in [0.1, 0.15) is 5.82 Å². The Balaban J connectivity index is 1.63. The lowest BCUT2D eigenvalue weighted by atomic mass is 9.98. The van der Waals surface area contributed by atoms with Crippen molar-refractivity contribution in [2.75, 3.05) is 29.4 Å². The summed E-state index contributed by atoms with van der Waals surface area (Å²) >= 11 is 0. The van der Waals surface area contributed by atoms with E-state index in [0.29, 0.717) is 6.54 Å². The van der Waals surface area contributed by atoms with Gasteiger partial charge >= 0.3 is 5.97 Å². The molecule has 1 saturated heterocycles. The lowest BCUT2D eigenvalue weighted by Crippen LogP contribution is -2.40. The molecule has 1 N–H and O–H groups in total. The van der Waals surface area contributed by atoms with E-state index in [9.17, 15) is 9.90 Å². The molecular formula is C21H26N4O2. The molecular weight excluding hydrogens is 340 g/mol. The number of aromatic nitrogens is 2. The van der Waals surface area contributed by atoms with E-state index in [1.165, 1.54) is 11.1 Å². The highest BCUT2D eigenvalue weighted by Gasteiger charge is 2.28. The van der Waals surface area contributed by atoms with Gasteiger partial charge in [-0.15, -0.1) is 0 Å². The normalized spacial score (nSPS) is 19.7. The monoisotopic (exact) mass is 366 g/mol. The van der Waals surface area contributed by atoms with E-state index < -0.39 is 5.97 Å². The lowest BCUT2D eigenvalue weighted by Gasteiger charge is -2.34. The molecule has 0 bridgehead atoms. The van der Waals surface area contributed by atoms with Crippen molar-refractivity contribution in [1.29, 1.82) is 0 Å². The molecule has 1 fully saturated rings. The first-order valence-electron chi connectivity index (χ1n) is 9.67. The van der Waals surface area contributed by atoms with Gasteiger partial charge in [-0.3, -0.25) is 4.79 Å². The second-order valence-electron chi connectivity index (χ2n) is 7.62. The number of fused-ring (bicyclic) bond motifs is 1. The summed E-state index contributed by atoms with van der Waals surface area (Å²) in [4.78, 5) is 25.5. The number of aryl methyl sites for hydroxylation is 1. The number of hydrogen-bond acceptors (Lipinski definition) is 5. The van der Waals surface area contributed by atoms with Crippen molar-refractivity contribution in [3.05, 3.63) is 46.6 Å². The Labute approximate surface area is 159 Å². The van der Waals surface area contributed by atoms with Crippen molar-refractivity contribution in [3.8, 4) is 0 Å². The number of aliphatic carboxylic acids is 1. The van der Waals surface area contributed by atoms with E-state index in [1.807, 2.05) is 13.8 Å². The minimum absolute atomic E-state index is 0.321. The SMILES string of the molecule is Cc1nc(N2CCc3ccccc3C2)nc(N2CCCC(C(=O)O)C2)c1C. The number of hydrogen-bond donors (Lipinski definition) is 1. The highest BCUT2D eigenvalue weighted by Crippen LogP contribution is 2.29. The molecule has 0 radical (unpaired) electrons. The van der Waals surface area contributed by atoms with E-state index in [4.69, 9.17) is 9.97 Å². The van der Waals surface area contributed by atoms with Gasteiger partial charge in [0, 0.05) is 37.4 Å². The first kappa shape index (κ1) is 17.8. The van der Waals surface area contributed by atoms with Crippen LogP contribution >= 0.6 is 0 Å². The van der Waals surface area contributed by atoms with Gasteiger partial charge in [-0.2, -0.15) is 4.98 Å². The van der Waals surface area contributed by atoms with Crippen LogP contribution < -0.4 is 9.80 Å². The summed E-state index contributed by atoms with van der Waals surface area (Å²) in [6.45, 7) is 7.13. The highest BCUT2D eigenvalue weighted by atomic mass is 16.4. The largest absolute Gasteiger partial charge is 0.481 e. The van der Waals surface area contributed by atoms with Gasteiger partial charge in [-0.05, 0) is 44.2 Å². The molecule has 2 aromatic rings. The predicted octanol–water partition coefficient (Wildman–Crippen LogP) is 2.96. The fourth-order valence-corrected chi connectivity index (χ4v) is 4.09. The first-order chi connectivity index (χ1) is 13.0. The maximum absolute atomic E-state index is 11.4. The molecule has 142 valence electrons. The number of anilines is 2. The summed E-state index contributed by atoms with van der Waals surface area (Å²) < 4.78 is 0. The summed E-state index contributed by atoms with van der Waals surface area (Å²) in [6.07, 6.45) is 2.61. The molecule has 1 aromatic heterocycles. The quantitative estimate of drug-likeness (QED) is 0.901. The third-order valence-electron chi connectivity index (χ3n) is 5.84. The standard InChI is InChI=1S/C21H26N4O2/c1-14-15(2)22-21(25-11-9-16-6-3-4-7-17(16)12-25)23-19(14)24-10-5-8-18(13-24)20(26)27/h3-4,6-7,18H,5,8-13H2,1-2H3,(H,26,27). The average molecular weight is 366 g/mol. The van der Waals surface area contributed by atoms with Crippen LogP contribution in [0.1, 0.15) is 35.2 Å². The minimum Gasteiger partial charge on any atom is -0.481 e. The van der Waals surface area contributed by atoms with Crippen LogP contribution in [-0.2, 0) is 17.8 Å². The van der Waals surface area contributed by atoms with Crippen molar-refractivity contribution in [1.82, 2.24) is 9.97 Å². The zero-order chi connectivity index (χ0) is 19.0. The Hall–Kier alpha value is -2.63. The molecule has 6 heteroatoms. The molecule has 0 amide bonds. The van der Waals surface area contributed by atoms with E-state index >= 15 is 0 Å². The van der Waals surface area contributed by atoms with Crippen LogP contribution in [0, 0.1) is 19.8 Å². The van der Waals surface area contributed by atoms with E-state index in [-0.39, 0.29) is 5.92 Å². The first-order valence-corrected chi connectivity index (χ1v) is 9.67. The van der Waals surface area contributed by atoms with Gasteiger partial charge in [0.15, 0.2) is 0 Å². The van der Waals surface area contributed by atoms with Crippen molar-refractivity contribution in [2.24, 2.45) is 5.92 Å². The van der Waals surface area contributed by atoms with Crippen LogP contribution in [-0.4, -0.2) is 40.7 Å². The molecule has 3 heterocycles. The molecule has 2 aliphatic rings. The van der Waals surface area contributed by atoms with Crippen molar-refractivity contribution >= 4 is 17.7 Å². The Morgan fingerprint density at radius 2 is 1.89 bits per heavy atom. The number of benzene rings is 1. The number of rotatable bonds is 3. The summed E-state index contributed by atoms with van der Waals surface area (Å²) in [5.41, 5.74) is 4.74. The van der Waals surface area contributed by atoms with Crippen LogP contribution in [0.15, 0.2) is 24.3 Å². The van der Waals surface area contributed by atoms with Crippen LogP contribution in [0.2, 0.25) is 0 Å². The molecule has 1 unspecified atom stereocenters. The Kier molecular flexibility index (Phi) is 4.72. The number of carboxylic acid groups (broad SMARTS) is 1. The Morgan fingerprint density at radius 1 is 1.11 bits per heavy atom. The second kappa shape index (κ2) is 7.18. The minimum atomic E-state index is -0.712. The van der Waals surface area contributed by atoms with Crippen LogP contribution in [0.4, 0.5) is 11.8 Å². The third-order valence-corrected chi connectivity index (χ3v) is 5.84. The van der Waals surface area contributed by atoms with Gasteiger partial charge in [0.05, 0.1) is 5.92 Å². The highest BCUT2D eigenvalue weighted by molar-refractivity contribution is 5.71. The smallest absolute Gasteiger partial charge is 0.308 e. The van der Waals surface area contributed by atoms with Gasteiger partial charge in [0.25, 0.3) is 0 Å². The zero-order valence-electron chi connectivity index (χ0n) is 16.0. The fourth-order valence-electron chi connectivity index (χ4n) is 4.09. The molecule has 0 aliphatic carbocycles. The van der Waals surface area contributed by atoms with Gasteiger partial charge in [0.2, 0.25) is 5.95 Å². The van der Waals surface area contributed by atoms with Gasteiger partial charge in [-0.25, -0.2) is 4.98 Å². The van der Waals surface area contributed by atoms with Crippen molar-refractivity contribution in [2.45, 2.75) is 39.7 Å². The Morgan fingerprint density at radius 3 is 2.67 bits per heavy atom.